The number of rotatable bonds is 4. The van der Waals surface area contributed by atoms with Crippen molar-refractivity contribution >= 4 is 21.7 Å². The van der Waals surface area contributed by atoms with E-state index in [2.05, 4.69) is 48.8 Å². The number of carbonyl (C=O) groups is 1. The van der Waals surface area contributed by atoms with Gasteiger partial charge in [-0.05, 0) is 29.5 Å². The number of halogens is 1. The third-order valence-corrected chi connectivity index (χ3v) is 4.30. The smallest absolute Gasteiger partial charge is 0.166 e. The van der Waals surface area contributed by atoms with Crippen molar-refractivity contribution in [3.63, 3.8) is 0 Å². The Labute approximate surface area is 135 Å². The van der Waals surface area contributed by atoms with Crippen molar-refractivity contribution in [3.8, 4) is 0 Å². The Morgan fingerprint density at radius 3 is 2.10 bits per heavy atom. The molecule has 0 amide bonds. The van der Waals surface area contributed by atoms with Gasteiger partial charge in [-0.25, -0.2) is 0 Å². The molecule has 110 valence electrons. The third-order valence-electron chi connectivity index (χ3n) is 3.77. The summed E-state index contributed by atoms with van der Waals surface area (Å²) >= 11 is 3.41. The first-order chi connectivity index (χ1) is 9.88. The van der Waals surface area contributed by atoms with Crippen LogP contribution in [0.3, 0.4) is 0 Å². The van der Waals surface area contributed by atoms with Gasteiger partial charge in [0.1, 0.15) is 0 Å². The van der Waals surface area contributed by atoms with Gasteiger partial charge in [-0.3, -0.25) is 4.79 Å². The Bertz CT molecular complexity index is 594. The van der Waals surface area contributed by atoms with Crippen LogP contribution in [0, 0.1) is 11.3 Å². The highest BCUT2D eigenvalue weighted by Crippen LogP contribution is 2.32. The minimum absolute atomic E-state index is 0.0268. The average molecular weight is 345 g/mol. The fraction of sp³-hybridized carbons (Fsp3) is 0.316. The second kappa shape index (κ2) is 6.57. The van der Waals surface area contributed by atoms with E-state index < -0.39 is 0 Å². The van der Waals surface area contributed by atoms with Crippen molar-refractivity contribution in [2.75, 3.05) is 0 Å². The molecular formula is C19H21BrO. The van der Waals surface area contributed by atoms with Gasteiger partial charge in [0.2, 0.25) is 0 Å². The van der Waals surface area contributed by atoms with E-state index in [1.165, 1.54) is 5.56 Å². The lowest BCUT2D eigenvalue weighted by Gasteiger charge is -2.30. The number of benzene rings is 2. The highest BCUT2D eigenvalue weighted by Gasteiger charge is 2.31. The van der Waals surface area contributed by atoms with Crippen LogP contribution in [-0.2, 0) is 6.42 Å². The predicted octanol–water partition coefficient (Wildman–Crippen LogP) is 5.54. The molecule has 0 aromatic heterocycles. The fourth-order valence-corrected chi connectivity index (χ4v) is 2.72. The van der Waals surface area contributed by atoms with E-state index in [9.17, 15) is 4.79 Å². The molecule has 2 aromatic rings. The maximum Gasteiger partial charge on any atom is 0.166 e. The van der Waals surface area contributed by atoms with Gasteiger partial charge in [-0.2, -0.15) is 0 Å². The molecule has 0 radical (unpaired) electrons. The molecule has 0 N–H and O–H groups in total. The summed E-state index contributed by atoms with van der Waals surface area (Å²) in [4.78, 5) is 12.9. The highest BCUT2D eigenvalue weighted by atomic mass is 79.9. The lowest BCUT2D eigenvalue weighted by Crippen LogP contribution is -2.30. The van der Waals surface area contributed by atoms with Gasteiger partial charge in [-0.1, -0.05) is 79.2 Å². The highest BCUT2D eigenvalue weighted by molar-refractivity contribution is 9.10. The Balaban J connectivity index is 2.28. The van der Waals surface area contributed by atoms with Gasteiger partial charge in [0, 0.05) is 16.0 Å². The molecule has 0 bridgehead atoms. The third kappa shape index (κ3) is 4.28. The SMILES string of the molecule is CC(C)(C)C(Cc1ccccc1)C(=O)c1ccc(Br)cc1. The predicted molar refractivity (Wildman–Crippen MR) is 91.6 cm³/mol. The van der Waals surface area contributed by atoms with Crippen molar-refractivity contribution in [2.45, 2.75) is 27.2 Å². The minimum atomic E-state index is -0.0694. The van der Waals surface area contributed by atoms with Gasteiger partial charge in [-0.15, -0.1) is 0 Å². The van der Waals surface area contributed by atoms with E-state index in [4.69, 9.17) is 0 Å². The largest absolute Gasteiger partial charge is 0.294 e. The molecule has 0 saturated heterocycles. The van der Waals surface area contributed by atoms with Crippen LogP contribution in [0.5, 0.6) is 0 Å². The zero-order valence-corrected chi connectivity index (χ0v) is 14.4. The number of ketones is 1. The van der Waals surface area contributed by atoms with Crippen molar-refractivity contribution in [3.05, 3.63) is 70.2 Å². The van der Waals surface area contributed by atoms with Gasteiger partial charge < -0.3 is 0 Å². The molecule has 2 aromatic carbocycles. The summed E-state index contributed by atoms with van der Waals surface area (Å²) in [5, 5.41) is 0. The van der Waals surface area contributed by atoms with Crippen LogP contribution in [0.1, 0.15) is 36.7 Å². The van der Waals surface area contributed by atoms with E-state index in [0.29, 0.717) is 0 Å². The fourth-order valence-electron chi connectivity index (χ4n) is 2.46. The first kappa shape index (κ1) is 16.0. The van der Waals surface area contributed by atoms with E-state index in [1.54, 1.807) is 0 Å². The standard InChI is InChI=1S/C19H21BrO/c1-19(2,3)17(13-14-7-5-4-6-8-14)18(21)15-9-11-16(20)12-10-15/h4-12,17H,13H2,1-3H3. The Morgan fingerprint density at radius 1 is 1.00 bits per heavy atom. The lowest BCUT2D eigenvalue weighted by atomic mass is 9.73. The molecule has 1 atom stereocenters. The van der Waals surface area contributed by atoms with Crippen molar-refractivity contribution in [1.29, 1.82) is 0 Å². The summed E-state index contributed by atoms with van der Waals surface area (Å²) < 4.78 is 0.995. The summed E-state index contributed by atoms with van der Waals surface area (Å²) in [6.07, 6.45) is 0.777. The summed E-state index contributed by atoms with van der Waals surface area (Å²) in [5.41, 5.74) is 1.93. The maximum atomic E-state index is 12.9. The Morgan fingerprint density at radius 2 is 1.57 bits per heavy atom. The van der Waals surface area contributed by atoms with Crippen molar-refractivity contribution < 1.29 is 4.79 Å². The Kier molecular flexibility index (Phi) is 5.00. The maximum absolute atomic E-state index is 12.9. The van der Waals surface area contributed by atoms with E-state index >= 15 is 0 Å². The van der Waals surface area contributed by atoms with Crippen molar-refractivity contribution in [2.24, 2.45) is 11.3 Å². The zero-order valence-electron chi connectivity index (χ0n) is 12.8. The van der Waals surface area contributed by atoms with Gasteiger partial charge >= 0.3 is 0 Å². The summed E-state index contributed by atoms with van der Waals surface area (Å²) in [5.74, 6) is 0.194. The molecule has 1 nitrogen and oxygen atoms in total. The lowest BCUT2D eigenvalue weighted by molar-refractivity contribution is 0.0816. The molecule has 0 aliphatic rings. The topological polar surface area (TPSA) is 17.1 Å². The molecule has 2 heteroatoms. The van der Waals surface area contributed by atoms with E-state index in [-0.39, 0.29) is 17.1 Å². The van der Waals surface area contributed by atoms with Crippen LogP contribution in [0.25, 0.3) is 0 Å². The normalized spacial score (nSPS) is 13.0. The molecular weight excluding hydrogens is 324 g/mol. The summed E-state index contributed by atoms with van der Waals surface area (Å²) in [7, 11) is 0. The average Bonchev–Trinajstić information content (AvgIpc) is 2.45. The number of Topliss-reactive ketones (excluding diaryl/α,β-unsaturated/α-hetero) is 1. The first-order valence-electron chi connectivity index (χ1n) is 7.21. The minimum Gasteiger partial charge on any atom is -0.294 e. The molecule has 0 spiro atoms. The second-order valence-corrected chi connectivity index (χ2v) is 7.40. The van der Waals surface area contributed by atoms with E-state index in [1.807, 2.05) is 42.5 Å². The van der Waals surface area contributed by atoms with Crippen LogP contribution < -0.4 is 0 Å². The van der Waals surface area contributed by atoms with E-state index in [0.717, 1.165) is 16.5 Å². The first-order valence-corrected chi connectivity index (χ1v) is 8.01. The Hall–Kier alpha value is -1.41. The molecule has 0 fully saturated rings. The second-order valence-electron chi connectivity index (χ2n) is 6.48. The van der Waals surface area contributed by atoms with Crippen LogP contribution >= 0.6 is 15.9 Å². The molecule has 0 saturated carbocycles. The van der Waals surface area contributed by atoms with Crippen LogP contribution in [-0.4, -0.2) is 5.78 Å². The van der Waals surface area contributed by atoms with Crippen molar-refractivity contribution in [1.82, 2.24) is 0 Å². The molecule has 0 heterocycles. The molecule has 0 aliphatic heterocycles. The number of carbonyl (C=O) groups excluding carboxylic acids is 1. The molecule has 2 rings (SSSR count). The quantitative estimate of drug-likeness (QED) is 0.665. The number of hydrogen-bond acceptors (Lipinski definition) is 1. The zero-order chi connectivity index (χ0) is 15.5. The van der Waals surface area contributed by atoms with Gasteiger partial charge in [0.05, 0.1) is 0 Å². The molecule has 21 heavy (non-hydrogen) atoms. The van der Waals surface area contributed by atoms with Crippen LogP contribution in [0.2, 0.25) is 0 Å². The van der Waals surface area contributed by atoms with Gasteiger partial charge in [0.15, 0.2) is 5.78 Å². The molecule has 0 aliphatic carbocycles. The monoisotopic (exact) mass is 344 g/mol. The van der Waals surface area contributed by atoms with Crippen LogP contribution in [0.4, 0.5) is 0 Å². The molecule has 1 unspecified atom stereocenters. The van der Waals surface area contributed by atoms with Gasteiger partial charge in [0.25, 0.3) is 0 Å². The summed E-state index contributed by atoms with van der Waals surface area (Å²) in [6.45, 7) is 6.41. The summed E-state index contributed by atoms with van der Waals surface area (Å²) in [6, 6.07) is 17.9. The number of hydrogen-bond donors (Lipinski definition) is 0. The van der Waals surface area contributed by atoms with Crippen LogP contribution in [0.15, 0.2) is 59.1 Å².